The Labute approximate surface area is 108 Å². The van der Waals surface area contributed by atoms with Gasteiger partial charge in [-0.1, -0.05) is 0 Å². The predicted molar refractivity (Wildman–Crippen MR) is 65.2 cm³/mol. The molecule has 0 saturated carbocycles. The number of aryl methyl sites for hydroxylation is 1. The molecule has 0 amide bonds. The zero-order valence-electron chi connectivity index (χ0n) is 7.38. The lowest BCUT2D eigenvalue weighted by Gasteiger charge is -1.96. The maximum atomic E-state index is 5.44. The molecule has 0 saturated heterocycles. The Morgan fingerprint density at radius 1 is 1.14 bits per heavy atom. The summed E-state index contributed by atoms with van der Waals surface area (Å²) in [5.74, 6) is 2.02. The molecule has 86 valence electrons. The Morgan fingerprint density at radius 2 is 1.79 bits per heavy atom. The van der Waals surface area contributed by atoms with Crippen LogP contribution in [0.2, 0.25) is 0 Å². The quantitative estimate of drug-likeness (QED) is 0.847. The normalized spacial score (nSPS) is 11.2. The van der Waals surface area contributed by atoms with Gasteiger partial charge in [0.2, 0.25) is 0 Å². The van der Waals surface area contributed by atoms with E-state index in [2.05, 4.69) is 14.8 Å². The van der Waals surface area contributed by atoms with Crippen LogP contribution < -0.4 is 5.73 Å². The number of hydrogen-bond donors (Lipinski definition) is 1. The van der Waals surface area contributed by atoms with E-state index in [1.165, 1.54) is 6.42 Å². The van der Waals surface area contributed by atoms with Crippen LogP contribution in [0, 0.1) is 0 Å². The fourth-order valence-electron chi connectivity index (χ4n) is 1.36. The minimum absolute atomic E-state index is 0. The molecule has 0 aliphatic carbocycles. The molecule has 4 nitrogen and oxygen atoms in total. The molecule has 1 aromatic heterocycles. The maximum Gasteiger partial charge on any atom is 0.146 e. The Bertz CT molecular complexity index is 252. The second-order valence-electron chi connectivity index (χ2n) is 2.49. The fourth-order valence-corrected chi connectivity index (χ4v) is 1.36. The molecule has 0 spiro atoms. The van der Waals surface area contributed by atoms with Crippen LogP contribution in [0.15, 0.2) is 0 Å². The highest BCUT2D eigenvalue weighted by Crippen LogP contribution is 2.12. The summed E-state index contributed by atoms with van der Waals surface area (Å²) in [4.78, 5) is 0. The van der Waals surface area contributed by atoms with Gasteiger partial charge in [0.15, 0.2) is 0 Å². The summed E-state index contributed by atoms with van der Waals surface area (Å²) in [6.07, 6.45) is 2.25. The van der Waals surface area contributed by atoms with E-state index in [4.69, 9.17) is 5.73 Å². The van der Waals surface area contributed by atoms with Crippen molar-refractivity contribution in [3.8, 4) is 0 Å². The zero-order valence-corrected chi connectivity index (χ0v) is 10.6. The SMILES string of the molecule is Cl.Cl.Cl.Cl.NCc1nnc2n1CCC2. The van der Waals surface area contributed by atoms with E-state index in [1.54, 1.807) is 0 Å². The van der Waals surface area contributed by atoms with Crippen molar-refractivity contribution >= 4 is 49.6 Å². The average Bonchev–Trinajstić information content (AvgIpc) is 2.44. The predicted octanol–water partition coefficient (Wildman–Crippen LogP) is 1.37. The summed E-state index contributed by atoms with van der Waals surface area (Å²) in [6.45, 7) is 1.56. The molecule has 8 heteroatoms. The van der Waals surface area contributed by atoms with E-state index in [1.807, 2.05) is 0 Å². The van der Waals surface area contributed by atoms with Crippen molar-refractivity contribution in [2.75, 3.05) is 0 Å². The molecule has 0 atom stereocenters. The van der Waals surface area contributed by atoms with Crippen molar-refractivity contribution in [3.63, 3.8) is 0 Å². The number of rotatable bonds is 1. The van der Waals surface area contributed by atoms with Crippen molar-refractivity contribution < 1.29 is 0 Å². The molecule has 0 unspecified atom stereocenters. The van der Waals surface area contributed by atoms with Gasteiger partial charge in [-0.25, -0.2) is 0 Å². The number of halogens is 4. The average molecular weight is 284 g/mol. The monoisotopic (exact) mass is 282 g/mol. The van der Waals surface area contributed by atoms with Crippen molar-refractivity contribution in [2.45, 2.75) is 25.9 Å². The molecule has 2 heterocycles. The third kappa shape index (κ3) is 3.44. The van der Waals surface area contributed by atoms with E-state index in [9.17, 15) is 0 Å². The lowest BCUT2D eigenvalue weighted by molar-refractivity contribution is 0.688. The summed E-state index contributed by atoms with van der Waals surface area (Å²) >= 11 is 0. The zero-order chi connectivity index (χ0) is 6.97. The molecule has 0 aromatic carbocycles. The van der Waals surface area contributed by atoms with Crippen LogP contribution in [0.5, 0.6) is 0 Å². The van der Waals surface area contributed by atoms with Gasteiger partial charge in [0.05, 0.1) is 6.54 Å². The van der Waals surface area contributed by atoms with E-state index >= 15 is 0 Å². The summed E-state index contributed by atoms with van der Waals surface area (Å²) in [5, 5.41) is 7.94. The van der Waals surface area contributed by atoms with Gasteiger partial charge in [-0.2, -0.15) is 0 Å². The second-order valence-corrected chi connectivity index (χ2v) is 2.49. The fraction of sp³-hybridized carbons (Fsp3) is 0.667. The van der Waals surface area contributed by atoms with Crippen LogP contribution in [0.25, 0.3) is 0 Å². The molecule has 0 radical (unpaired) electrons. The molecule has 1 aliphatic heterocycles. The molecule has 1 aromatic rings. The number of nitrogens with two attached hydrogens (primary N) is 1. The Hall–Kier alpha value is 0.260. The van der Waals surface area contributed by atoms with Gasteiger partial charge in [0.1, 0.15) is 11.6 Å². The number of fused-ring (bicyclic) bond motifs is 1. The first-order valence-electron chi connectivity index (χ1n) is 3.53. The smallest absolute Gasteiger partial charge is 0.146 e. The highest BCUT2D eigenvalue weighted by molar-refractivity contribution is 5.86. The standard InChI is InChI=1S/C6H10N4.4ClH/c7-4-6-9-8-5-2-1-3-10(5)6;;;;/h1-4,7H2;4*1H. The summed E-state index contributed by atoms with van der Waals surface area (Å²) in [6, 6.07) is 0. The summed E-state index contributed by atoms with van der Waals surface area (Å²) in [7, 11) is 0. The number of nitrogens with zero attached hydrogens (tertiary/aromatic N) is 3. The first-order valence-corrected chi connectivity index (χ1v) is 3.53. The Kier molecular flexibility index (Phi) is 12.1. The van der Waals surface area contributed by atoms with Gasteiger partial charge < -0.3 is 10.3 Å². The van der Waals surface area contributed by atoms with E-state index in [-0.39, 0.29) is 49.6 Å². The molecule has 0 fully saturated rings. The van der Waals surface area contributed by atoms with Gasteiger partial charge in [-0.05, 0) is 6.42 Å². The largest absolute Gasteiger partial charge is 0.324 e. The Morgan fingerprint density at radius 3 is 2.36 bits per heavy atom. The van der Waals surface area contributed by atoms with E-state index in [0.717, 1.165) is 24.6 Å². The van der Waals surface area contributed by atoms with Crippen LogP contribution in [0.4, 0.5) is 0 Å². The topological polar surface area (TPSA) is 56.7 Å². The van der Waals surface area contributed by atoms with Gasteiger partial charge in [0, 0.05) is 13.0 Å². The van der Waals surface area contributed by atoms with E-state index in [0.29, 0.717) is 6.54 Å². The molecule has 14 heavy (non-hydrogen) atoms. The molecular weight excluding hydrogens is 270 g/mol. The van der Waals surface area contributed by atoms with Crippen LogP contribution in [-0.4, -0.2) is 14.8 Å². The first-order chi connectivity index (χ1) is 4.92. The summed E-state index contributed by atoms with van der Waals surface area (Å²) in [5.41, 5.74) is 5.44. The lowest BCUT2D eigenvalue weighted by atomic mass is 10.4. The summed E-state index contributed by atoms with van der Waals surface area (Å²) < 4.78 is 2.11. The van der Waals surface area contributed by atoms with E-state index < -0.39 is 0 Å². The number of hydrogen-bond acceptors (Lipinski definition) is 3. The van der Waals surface area contributed by atoms with Crippen molar-refractivity contribution in [1.29, 1.82) is 0 Å². The van der Waals surface area contributed by atoms with Crippen LogP contribution in [-0.2, 0) is 19.5 Å². The molecular formula is C6H14Cl4N4. The maximum absolute atomic E-state index is 5.44. The third-order valence-corrected chi connectivity index (χ3v) is 1.87. The van der Waals surface area contributed by atoms with Gasteiger partial charge in [0.25, 0.3) is 0 Å². The van der Waals surface area contributed by atoms with Gasteiger partial charge >= 0.3 is 0 Å². The van der Waals surface area contributed by atoms with Crippen LogP contribution >= 0.6 is 49.6 Å². The lowest BCUT2D eigenvalue weighted by Crippen LogP contribution is -2.06. The molecule has 2 rings (SSSR count). The minimum Gasteiger partial charge on any atom is -0.324 e. The second kappa shape index (κ2) is 8.56. The minimum atomic E-state index is 0. The molecule has 2 N–H and O–H groups in total. The molecule has 0 bridgehead atoms. The third-order valence-electron chi connectivity index (χ3n) is 1.87. The van der Waals surface area contributed by atoms with Crippen LogP contribution in [0.3, 0.4) is 0 Å². The highest BCUT2D eigenvalue weighted by Gasteiger charge is 2.15. The van der Waals surface area contributed by atoms with Crippen LogP contribution in [0.1, 0.15) is 18.1 Å². The van der Waals surface area contributed by atoms with Crippen molar-refractivity contribution in [1.82, 2.24) is 14.8 Å². The molecule has 1 aliphatic rings. The Balaban J connectivity index is -0.000000302. The highest BCUT2D eigenvalue weighted by atomic mass is 35.5. The van der Waals surface area contributed by atoms with Crippen molar-refractivity contribution in [3.05, 3.63) is 11.6 Å². The number of aromatic nitrogens is 3. The van der Waals surface area contributed by atoms with Crippen molar-refractivity contribution in [2.24, 2.45) is 5.73 Å². The first kappa shape index (κ1) is 19.8. The van der Waals surface area contributed by atoms with Gasteiger partial charge in [-0.15, -0.1) is 59.8 Å². The van der Waals surface area contributed by atoms with Gasteiger partial charge in [-0.3, -0.25) is 0 Å².